The summed E-state index contributed by atoms with van der Waals surface area (Å²) in [5.41, 5.74) is 2.20. The summed E-state index contributed by atoms with van der Waals surface area (Å²) in [6, 6.07) is 15.7. The first-order valence-electron chi connectivity index (χ1n) is 10.9. The van der Waals surface area contributed by atoms with Gasteiger partial charge in [-0.3, -0.25) is 9.59 Å². The molecular formula is C25H33N3O4. The largest absolute Gasteiger partial charge is 0.493 e. The van der Waals surface area contributed by atoms with Crippen molar-refractivity contribution in [2.45, 2.75) is 19.4 Å². The minimum Gasteiger partial charge on any atom is -0.493 e. The average molecular weight is 440 g/mol. The number of hydrogen-bond acceptors (Lipinski definition) is 5. The van der Waals surface area contributed by atoms with Crippen LogP contribution in [0.5, 0.6) is 11.5 Å². The number of carbonyl (C=O) groups excluding carboxylic acids is 2. The number of methoxy groups -OCH3 is 1. The third-order valence-corrected chi connectivity index (χ3v) is 5.90. The molecule has 2 aromatic rings. The number of carbonyl (C=O) groups is 2. The van der Waals surface area contributed by atoms with E-state index in [0.29, 0.717) is 31.2 Å². The van der Waals surface area contributed by atoms with E-state index in [4.69, 9.17) is 9.47 Å². The van der Waals surface area contributed by atoms with E-state index in [0.717, 1.165) is 24.2 Å². The van der Waals surface area contributed by atoms with E-state index in [1.165, 1.54) is 6.92 Å². The van der Waals surface area contributed by atoms with Crippen LogP contribution in [0.15, 0.2) is 48.5 Å². The highest BCUT2D eigenvalue weighted by atomic mass is 16.5. The molecule has 0 aromatic heterocycles. The maximum Gasteiger partial charge on any atom is 0.227 e. The molecule has 3 rings (SSSR count). The summed E-state index contributed by atoms with van der Waals surface area (Å²) in [6.45, 7) is 4.49. The monoisotopic (exact) mass is 439 g/mol. The lowest BCUT2D eigenvalue weighted by atomic mass is 9.87. The van der Waals surface area contributed by atoms with Crippen LogP contribution >= 0.6 is 0 Å². The molecule has 1 fully saturated rings. The second-order valence-corrected chi connectivity index (χ2v) is 8.34. The molecule has 0 unspecified atom stereocenters. The lowest BCUT2D eigenvalue weighted by Gasteiger charge is -2.25. The maximum absolute atomic E-state index is 13.3. The molecule has 7 heteroatoms. The van der Waals surface area contributed by atoms with Crippen molar-refractivity contribution in [2.75, 3.05) is 47.4 Å². The Morgan fingerprint density at radius 3 is 2.44 bits per heavy atom. The number of likely N-dealkylation sites (tertiary alicyclic amines) is 1. The number of ether oxygens (including phenoxy) is 2. The molecule has 1 N–H and O–H groups in total. The van der Waals surface area contributed by atoms with E-state index in [1.807, 2.05) is 43.4 Å². The van der Waals surface area contributed by atoms with E-state index in [2.05, 4.69) is 29.4 Å². The number of amides is 2. The van der Waals surface area contributed by atoms with E-state index < -0.39 is 0 Å². The van der Waals surface area contributed by atoms with Crippen molar-refractivity contribution < 1.29 is 19.1 Å². The fraction of sp³-hybridized carbons (Fsp3) is 0.440. The quantitative estimate of drug-likeness (QED) is 0.650. The van der Waals surface area contributed by atoms with Gasteiger partial charge >= 0.3 is 0 Å². The molecule has 7 nitrogen and oxygen atoms in total. The van der Waals surface area contributed by atoms with Gasteiger partial charge in [-0.05, 0) is 30.3 Å². The SMILES string of the molecule is COc1ccccc1OCCN(C)C(=O)[C@H]1CN(C)C[C@@H]1c1ccc(CNC(C)=O)cc1. The van der Waals surface area contributed by atoms with Crippen LogP contribution in [0.1, 0.15) is 24.0 Å². The van der Waals surface area contributed by atoms with Crippen molar-refractivity contribution in [3.63, 3.8) is 0 Å². The molecule has 2 aromatic carbocycles. The number of nitrogens with one attached hydrogen (secondary N) is 1. The van der Waals surface area contributed by atoms with Crippen LogP contribution in [0.4, 0.5) is 0 Å². The van der Waals surface area contributed by atoms with Crippen molar-refractivity contribution in [1.29, 1.82) is 0 Å². The molecule has 0 aliphatic carbocycles. The van der Waals surface area contributed by atoms with Crippen molar-refractivity contribution in [2.24, 2.45) is 5.92 Å². The van der Waals surface area contributed by atoms with Crippen LogP contribution in [0, 0.1) is 5.92 Å². The molecule has 1 aliphatic rings. The van der Waals surface area contributed by atoms with Gasteiger partial charge in [0.15, 0.2) is 11.5 Å². The standard InChI is InChI=1S/C25H33N3O4/c1-18(29)26-15-19-9-11-20(12-10-19)21-16-27(2)17-22(21)25(30)28(3)13-14-32-24-8-6-5-7-23(24)31-4/h5-12,21-22H,13-17H2,1-4H3,(H,26,29)/t21-,22+/m1/s1. The second-order valence-electron chi connectivity index (χ2n) is 8.34. The minimum absolute atomic E-state index is 0.0464. The van der Waals surface area contributed by atoms with Crippen LogP contribution in [-0.2, 0) is 16.1 Å². The zero-order chi connectivity index (χ0) is 23.1. The summed E-state index contributed by atoms with van der Waals surface area (Å²) in [5, 5.41) is 2.81. The number of benzene rings is 2. The molecular weight excluding hydrogens is 406 g/mol. The van der Waals surface area contributed by atoms with Gasteiger partial charge in [0.25, 0.3) is 0 Å². The Bertz CT molecular complexity index is 916. The van der Waals surface area contributed by atoms with Crippen LogP contribution in [0.25, 0.3) is 0 Å². The summed E-state index contributed by atoms with van der Waals surface area (Å²) in [7, 11) is 5.50. The van der Waals surface area contributed by atoms with Gasteiger partial charge in [-0.1, -0.05) is 36.4 Å². The molecule has 1 aliphatic heterocycles. The number of hydrogen-bond donors (Lipinski definition) is 1. The zero-order valence-corrected chi connectivity index (χ0v) is 19.3. The normalized spacial score (nSPS) is 18.2. The van der Waals surface area contributed by atoms with Crippen molar-refractivity contribution in [1.82, 2.24) is 15.1 Å². The first kappa shape index (κ1) is 23.6. The predicted molar refractivity (Wildman–Crippen MR) is 124 cm³/mol. The highest BCUT2D eigenvalue weighted by Gasteiger charge is 2.38. The molecule has 32 heavy (non-hydrogen) atoms. The fourth-order valence-electron chi connectivity index (χ4n) is 4.12. The van der Waals surface area contributed by atoms with Crippen LogP contribution < -0.4 is 14.8 Å². The van der Waals surface area contributed by atoms with Crippen molar-refractivity contribution in [3.8, 4) is 11.5 Å². The topological polar surface area (TPSA) is 71.1 Å². The molecule has 0 spiro atoms. The minimum atomic E-state index is -0.0996. The van der Waals surface area contributed by atoms with Gasteiger partial charge in [-0.25, -0.2) is 0 Å². The molecule has 0 saturated carbocycles. The van der Waals surface area contributed by atoms with Crippen LogP contribution in [0.2, 0.25) is 0 Å². The summed E-state index contributed by atoms with van der Waals surface area (Å²) in [4.78, 5) is 28.3. The summed E-state index contributed by atoms with van der Waals surface area (Å²) >= 11 is 0. The molecule has 172 valence electrons. The Hall–Kier alpha value is -3.06. The Morgan fingerprint density at radius 2 is 1.78 bits per heavy atom. The lowest BCUT2D eigenvalue weighted by Crippen LogP contribution is -2.38. The second kappa shape index (κ2) is 11.0. The molecule has 1 saturated heterocycles. The van der Waals surface area contributed by atoms with E-state index >= 15 is 0 Å². The molecule has 1 heterocycles. The van der Waals surface area contributed by atoms with Gasteiger partial charge in [0.2, 0.25) is 11.8 Å². The highest BCUT2D eigenvalue weighted by Crippen LogP contribution is 2.33. The van der Waals surface area contributed by atoms with Crippen LogP contribution in [0.3, 0.4) is 0 Å². The molecule has 2 atom stereocenters. The van der Waals surface area contributed by atoms with Crippen molar-refractivity contribution >= 4 is 11.8 Å². The number of nitrogens with zero attached hydrogens (tertiary/aromatic N) is 2. The van der Waals surface area contributed by atoms with Gasteiger partial charge in [-0.15, -0.1) is 0 Å². The first-order valence-corrected chi connectivity index (χ1v) is 10.9. The maximum atomic E-state index is 13.3. The Morgan fingerprint density at radius 1 is 1.09 bits per heavy atom. The number of likely N-dealkylation sites (N-methyl/N-ethyl adjacent to an activating group) is 2. The van der Waals surface area contributed by atoms with Crippen molar-refractivity contribution in [3.05, 3.63) is 59.7 Å². The fourth-order valence-corrected chi connectivity index (χ4v) is 4.12. The average Bonchev–Trinajstić information content (AvgIpc) is 3.19. The van der Waals surface area contributed by atoms with E-state index in [1.54, 1.807) is 12.0 Å². The van der Waals surface area contributed by atoms with Crippen LogP contribution in [-0.4, -0.2) is 69.1 Å². The lowest BCUT2D eigenvalue weighted by molar-refractivity contribution is -0.134. The summed E-state index contributed by atoms with van der Waals surface area (Å²) in [6.07, 6.45) is 0. The smallest absolute Gasteiger partial charge is 0.227 e. The molecule has 0 radical (unpaired) electrons. The van der Waals surface area contributed by atoms with Gasteiger partial charge < -0.3 is 24.6 Å². The zero-order valence-electron chi connectivity index (χ0n) is 19.3. The molecule has 2 amide bonds. The van der Waals surface area contributed by atoms with Gasteiger partial charge in [0.1, 0.15) is 6.61 Å². The van der Waals surface area contributed by atoms with Gasteiger partial charge in [0.05, 0.1) is 19.6 Å². The Balaban J connectivity index is 1.59. The highest BCUT2D eigenvalue weighted by molar-refractivity contribution is 5.80. The number of para-hydroxylation sites is 2. The third-order valence-electron chi connectivity index (χ3n) is 5.90. The number of rotatable bonds is 9. The molecule has 0 bridgehead atoms. The van der Waals surface area contributed by atoms with Gasteiger partial charge in [-0.2, -0.15) is 0 Å². The Kier molecular flexibility index (Phi) is 8.11. The third kappa shape index (κ3) is 6.01. The predicted octanol–water partition coefficient (Wildman–Crippen LogP) is 2.51. The van der Waals surface area contributed by atoms with E-state index in [9.17, 15) is 9.59 Å². The summed E-state index contributed by atoms with van der Waals surface area (Å²) in [5.74, 6) is 1.48. The summed E-state index contributed by atoms with van der Waals surface area (Å²) < 4.78 is 11.1. The van der Waals surface area contributed by atoms with E-state index in [-0.39, 0.29) is 23.7 Å². The van der Waals surface area contributed by atoms with Gasteiger partial charge in [0, 0.05) is 39.5 Å². The Labute approximate surface area is 190 Å². The first-order chi connectivity index (χ1) is 15.4.